The molecule has 0 spiro atoms. The van der Waals surface area contributed by atoms with Crippen LogP contribution in [-0.4, -0.2) is 17.0 Å². The Morgan fingerprint density at radius 3 is 2.21 bits per heavy atom. The van der Waals surface area contributed by atoms with Crippen molar-refractivity contribution in [3.63, 3.8) is 0 Å². The lowest BCUT2D eigenvalue weighted by Gasteiger charge is -1.95. The van der Waals surface area contributed by atoms with Gasteiger partial charge in [-0.15, -0.1) is 0 Å². The van der Waals surface area contributed by atoms with Crippen molar-refractivity contribution in [1.29, 1.82) is 0 Å². The molecule has 72 valence electrons. The number of amides is 1. The van der Waals surface area contributed by atoms with E-state index in [1.165, 1.54) is 6.08 Å². The van der Waals surface area contributed by atoms with Crippen molar-refractivity contribution in [1.82, 2.24) is 0 Å². The lowest BCUT2D eigenvalue weighted by atomic mass is 10.1. The zero-order valence-corrected chi connectivity index (χ0v) is 7.31. The second-order valence-corrected chi connectivity index (χ2v) is 2.66. The van der Waals surface area contributed by atoms with Crippen LogP contribution in [0.4, 0.5) is 0 Å². The average molecular weight is 191 g/mol. The number of benzene rings is 1. The molecular weight excluding hydrogens is 182 g/mol. The van der Waals surface area contributed by atoms with Crippen LogP contribution < -0.4 is 5.73 Å². The van der Waals surface area contributed by atoms with Crippen LogP contribution >= 0.6 is 0 Å². The summed E-state index contributed by atoms with van der Waals surface area (Å²) in [7, 11) is 0. The number of nitrogens with two attached hydrogens (primary N) is 1. The van der Waals surface area contributed by atoms with Gasteiger partial charge in [-0.2, -0.15) is 0 Å². The summed E-state index contributed by atoms with van der Waals surface area (Å²) in [6.07, 6.45) is 2.46. The van der Waals surface area contributed by atoms with Gasteiger partial charge in [-0.1, -0.05) is 12.1 Å². The zero-order chi connectivity index (χ0) is 10.6. The maximum atomic E-state index is 10.7. The molecule has 0 radical (unpaired) electrons. The highest BCUT2D eigenvalue weighted by Gasteiger charge is 1.97. The van der Waals surface area contributed by atoms with Crippen LogP contribution in [0.3, 0.4) is 0 Å². The second-order valence-electron chi connectivity index (χ2n) is 2.66. The second kappa shape index (κ2) is 4.23. The summed E-state index contributed by atoms with van der Waals surface area (Å²) >= 11 is 0. The number of primary amides is 1. The lowest BCUT2D eigenvalue weighted by molar-refractivity contribution is -0.131. The van der Waals surface area contributed by atoms with Crippen LogP contribution in [0, 0.1) is 0 Å². The van der Waals surface area contributed by atoms with E-state index < -0.39 is 11.9 Å². The molecule has 1 aromatic carbocycles. The van der Waals surface area contributed by atoms with Crippen molar-refractivity contribution in [2.75, 3.05) is 0 Å². The predicted octanol–water partition coefficient (Wildman–Crippen LogP) is 0.883. The van der Waals surface area contributed by atoms with Gasteiger partial charge < -0.3 is 10.8 Å². The Hall–Kier alpha value is -2.10. The highest BCUT2D eigenvalue weighted by molar-refractivity contribution is 5.93. The van der Waals surface area contributed by atoms with E-state index in [4.69, 9.17) is 10.8 Å². The molecule has 0 aromatic heterocycles. The monoisotopic (exact) mass is 191 g/mol. The summed E-state index contributed by atoms with van der Waals surface area (Å²) in [4.78, 5) is 20.9. The van der Waals surface area contributed by atoms with Crippen LogP contribution in [0.1, 0.15) is 15.9 Å². The van der Waals surface area contributed by atoms with Crippen LogP contribution in [0.15, 0.2) is 30.3 Å². The molecule has 1 rings (SSSR count). The Morgan fingerprint density at radius 2 is 1.79 bits per heavy atom. The normalized spacial score (nSPS) is 10.3. The zero-order valence-electron chi connectivity index (χ0n) is 7.31. The highest BCUT2D eigenvalue weighted by atomic mass is 16.4. The molecule has 0 fully saturated rings. The number of hydrogen-bond donors (Lipinski definition) is 2. The molecule has 1 amide bonds. The van der Waals surface area contributed by atoms with Gasteiger partial charge in [0.05, 0.1) is 0 Å². The molecular formula is C10H9NO3. The van der Waals surface area contributed by atoms with E-state index >= 15 is 0 Å². The smallest absolute Gasteiger partial charge is 0.328 e. The molecule has 0 saturated heterocycles. The number of carbonyl (C=O) groups excluding carboxylic acids is 1. The van der Waals surface area contributed by atoms with Crippen LogP contribution in [-0.2, 0) is 4.79 Å². The fraction of sp³-hybridized carbons (Fsp3) is 0. The summed E-state index contributed by atoms with van der Waals surface area (Å²) in [6.45, 7) is 0. The van der Waals surface area contributed by atoms with E-state index in [9.17, 15) is 9.59 Å². The molecule has 1 aromatic rings. The third kappa shape index (κ3) is 2.75. The van der Waals surface area contributed by atoms with Gasteiger partial charge in [0.1, 0.15) is 0 Å². The number of rotatable bonds is 3. The van der Waals surface area contributed by atoms with Crippen molar-refractivity contribution >= 4 is 18.0 Å². The molecule has 0 unspecified atom stereocenters. The number of aliphatic carboxylic acids is 1. The summed E-state index contributed by atoms with van der Waals surface area (Å²) in [6, 6.07) is 6.34. The minimum atomic E-state index is -1.01. The molecule has 14 heavy (non-hydrogen) atoms. The first-order valence-corrected chi connectivity index (χ1v) is 3.90. The van der Waals surface area contributed by atoms with E-state index in [0.29, 0.717) is 11.1 Å². The Bertz CT molecular complexity index is 379. The van der Waals surface area contributed by atoms with Crippen molar-refractivity contribution in [2.24, 2.45) is 5.73 Å². The molecule has 0 bridgehead atoms. The van der Waals surface area contributed by atoms with Crippen LogP contribution in [0.5, 0.6) is 0 Å². The van der Waals surface area contributed by atoms with Crippen LogP contribution in [0.25, 0.3) is 6.08 Å². The lowest BCUT2D eigenvalue weighted by Crippen LogP contribution is -2.10. The summed E-state index contributed by atoms with van der Waals surface area (Å²) in [5, 5.41) is 8.36. The summed E-state index contributed by atoms with van der Waals surface area (Å²) in [5.41, 5.74) is 6.14. The van der Waals surface area contributed by atoms with Gasteiger partial charge in [-0.05, 0) is 23.8 Å². The number of carboxylic acids is 1. The van der Waals surface area contributed by atoms with E-state index in [1.807, 2.05) is 0 Å². The third-order valence-corrected chi connectivity index (χ3v) is 1.61. The maximum absolute atomic E-state index is 10.7. The molecule has 0 aliphatic rings. The highest BCUT2D eigenvalue weighted by Crippen LogP contribution is 2.05. The average Bonchev–Trinajstić information content (AvgIpc) is 2.15. The quantitative estimate of drug-likeness (QED) is 0.696. The van der Waals surface area contributed by atoms with Gasteiger partial charge in [-0.3, -0.25) is 4.79 Å². The van der Waals surface area contributed by atoms with Crippen molar-refractivity contribution in [2.45, 2.75) is 0 Å². The Labute approximate surface area is 80.7 Å². The topological polar surface area (TPSA) is 80.4 Å². The molecule has 4 nitrogen and oxygen atoms in total. The van der Waals surface area contributed by atoms with Crippen molar-refractivity contribution < 1.29 is 14.7 Å². The van der Waals surface area contributed by atoms with Crippen molar-refractivity contribution in [3.8, 4) is 0 Å². The van der Waals surface area contributed by atoms with Crippen molar-refractivity contribution in [3.05, 3.63) is 41.5 Å². The molecule has 0 saturated carbocycles. The minimum Gasteiger partial charge on any atom is -0.478 e. The number of carbonyl (C=O) groups is 2. The van der Waals surface area contributed by atoms with E-state index in [2.05, 4.69) is 0 Å². The predicted molar refractivity (Wildman–Crippen MR) is 51.6 cm³/mol. The van der Waals surface area contributed by atoms with E-state index in [-0.39, 0.29) is 0 Å². The molecule has 0 atom stereocenters. The third-order valence-electron chi connectivity index (χ3n) is 1.61. The van der Waals surface area contributed by atoms with E-state index in [1.54, 1.807) is 24.3 Å². The molecule has 4 heteroatoms. The molecule has 0 heterocycles. The van der Waals surface area contributed by atoms with Crippen LogP contribution in [0.2, 0.25) is 0 Å². The standard InChI is InChI=1S/C10H9NO3/c11-10(14)8-4-1-7(2-5-8)3-6-9(12)13/h1-6H,(H2,11,14)(H,12,13)/b6-3-. The largest absolute Gasteiger partial charge is 0.478 e. The summed E-state index contributed by atoms with van der Waals surface area (Å²) in [5.74, 6) is -1.51. The maximum Gasteiger partial charge on any atom is 0.328 e. The molecule has 0 aliphatic heterocycles. The first-order chi connectivity index (χ1) is 6.59. The SMILES string of the molecule is NC(=O)c1ccc(/C=C\C(=O)O)cc1. The van der Waals surface area contributed by atoms with Gasteiger partial charge in [0.2, 0.25) is 5.91 Å². The van der Waals surface area contributed by atoms with Gasteiger partial charge in [0.25, 0.3) is 0 Å². The number of carboxylic acid groups (broad SMARTS) is 1. The van der Waals surface area contributed by atoms with Gasteiger partial charge in [0, 0.05) is 11.6 Å². The first-order valence-electron chi connectivity index (χ1n) is 3.90. The molecule has 3 N–H and O–H groups in total. The number of hydrogen-bond acceptors (Lipinski definition) is 2. The van der Waals surface area contributed by atoms with E-state index in [0.717, 1.165) is 6.08 Å². The molecule has 0 aliphatic carbocycles. The Kier molecular flexibility index (Phi) is 3.01. The van der Waals surface area contributed by atoms with Gasteiger partial charge >= 0.3 is 5.97 Å². The Balaban J connectivity index is 2.83. The summed E-state index contributed by atoms with van der Waals surface area (Å²) < 4.78 is 0. The van der Waals surface area contributed by atoms with Gasteiger partial charge in [0.15, 0.2) is 0 Å². The van der Waals surface area contributed by atoms with Gasteiger partial charge in [-0.25, -0.2) is 4.79 Å². The Morgan fingerprint density at radius 1 is 1.21 bits per heavy atom. The first kappa shape index (κ1) is 9.98. The minimum absolute atomic E-state index is 0.400. The fourth-order valence-corrected chi connectivity index (χ4v) is 0.926. The fourth-order valence-electron chi connectivity index (χ4n) is 0.926.